The van der Waals surface area contributed by atoms with Gasteiger partial charge in [0.05, 0.1) is 0 Å². The first-order valence-corrected chi connectivity index (χ1v) is 5.71. The minimum absolute atomic E-state index is 0. The zero-order valence-corrected chi connectivity index (χ0v) is 11.2. The van der Waals surface area contributed by atoms with E-state index >= 15 is 0 Å². The number of nitrogens with two attached hydrogens (primary N) is 1. The molecule has 4 heteroatoms. The Hall–Kier alpha value is -1.06. The number of nitrogens with one attached hydrogen (secondary N) is 1. The van der Waals surface area contributed by atoms with Gasteiger partial charge in [-0.3, -0.25) is 4.79 Å². The standard InChI is InChI=1S/C13H20N2O.ClH/c1-3-4-10-15-12(16)13(2,14)11-8-6-5-7-9-11;/h5-9H,3-4,10,14H2,1-2H3,(H,15,16);1H. The Morgan fingerprint density at radius 2 is 1.94 bits per heavy atom. The maximum Gasteiger partial charge on any atom is 0.244 e. The lowest BCUT2D eigenvalue weighted by Gasteiger charge is -2.24. The lowest BCUT2D eigenvalue weighted by Crippen LogP contribution is -2.49. The molecule has 1 unspecified atom stereocenters. The first kappa shape index (κ1) is 15.9. The van der Waals surface area contributed by atoms with Crippen LogP contribution in [0.2, 0.25) is 0 Å². The summed E-state index contributed by atoms with van der Waals surface area (Å²) in [4.78, 5) is 11.9. The molecule has 1 aromatic carbocycles. The predicted octanol–water partition coefficient (Wildman–Crippen LogP) is 2.20. The van der Waals surface area contributed by atoms with Crippen molar-refractivity contribution in [2.24, 2.45) is 5.73 Å². The largest absolute Gasteiger partial charge is 0.354 e. The zero-order valence-electron chi connectivity index (χ0n) is 10.4. The van der Waals surface area contributed by atoms with Gasteiger partial charge in [0.25, 0.3) is 0 Å². The molecule has 96 valence electrons. The smallest absolute Gasteiger partial charge is 0.244 e. The second-order valence-corrected chi connectivity index (χ2v) is 4.18. The second kappa shape index (κ2) is 7.30. The fourth-order valence-electron chi connectivity index (χ4n) is 1.48. The average molecular weight is 257 g/mol. The van der Waals surface area contributed by atoms with Crippen molar-refractivity contribution in [3.8, 4) is 0 Å². The number of benzene rings is 1. The molecule has 0 saturated carbocycles. The number of rotatable bonds is 5. The van der Waals surface area contributed by atoms with Crippen molar-refractivity contribution < 1.29 is 4.79 Å². The van der Waals surface area contributed by atoms with Crippen LogP contribution in [0.25, 0.3) is 0 Å². The normalized spacial score (nSPS) is 13.4. The number of unbranched alkanes of at least 4 members (excludes halogenated alkanes) is 1. The quantitative estimate of drug-likeness (QED) is 0.794. The second-order valence-electron chi connectivity index (χ2n) is 4.18. The molecule has 1 atom stereocenters. The summed E-state index contributed by atoms with van der Waals surface area (Å²) in [7, 11) is 0. The van der Waals surface area contributed by atoms with Gasteiger partial charge in [-0.25, -0.2) is 0 Å². The van der Waals surface area contributed by atoms with Crippen LogP contribution in [0, 0.1) is 0 Å². The summed E-state index contributed by atoms with van der Waals surface area (Å²) < 4.78 is 0. The number of carbonyl (C=O) groups is 1. The van der Waals surface area contributed by atoms with Crippen LogP contribution in [0.3, 0.4) is 0 Å². The van der Waals surface area contributed by atoms with Crippen LogP contribution in [0.15, 0.2) is 30.3 Å². The first-order valence-electron chi connectivity index (χ1n) is 5.71. The number of halogens is 1. The number of carbonyl (C=O) groups excluding carboxylic acids is 1. The van der Waals surface area contributed by atoms with Gasteiger partial charge in [0.2, 0.25) is 5.91 Å². The molecular weight excluding hydrogens is 236 g/mol. The molecule has 0 radical (unpaired) electrons. The molecule has 0 bridgehead atoms. The molecule has 0 spiro atoms. The first-order chi connectivity index (χ1) is 7.59. The van der Waals surface area contributed by atoms with Crippen LogP contribution in [-0.4, -0.2) is 12.5 Å². The summed E-state index contributed by atoms with van der Waals surface area (Å²) in [5, 5.41) is 2.86. The molecule has 0 heterocycles. The van der Waals surface area contributed by atoms with Crippen molar-refractivity contribution in [1.82, 2.24) is 5.32 Å². The summed E-state index contributed by atoms with van der Waals surface area (Å²) in [6.07, 6.45) is 2.05. The van der Waals surface area contributed by atoms with E-state index in [4.69, 9.17) is 5.73 Å². The molecule has 0 aliphatic carbocycles. The minimum Gasteiger partial charge on any atom is -0.354 e. The maximum absolute atomic E-state index is 11.9. The average Bonchev–Trinajstić information content (AvgIpc) is 2.30. The predicted molar refractivity (Wildman–Crippen MR) is 73.1 cm³/mol. The van der Waals surface area contributed by atoms with Gasteiger partial charge < -0.3 is 11.1 Å². The SMILES string of the molecule is CCCCNC(=O)C(C)(N)c1ccccc1.Cl. The van der Waals surface area contributed by atoms with Gasteiger partial charge in [0, 0.05) is 6.54 Å². The third-order valence-corrected chi connectivity index (χ3v) is 2.66. The third-order valence-electron chi connectivity index (χ3n) is 2.66. The van der Waals surface area contributed by atoms with Crippen LogP contribution in [0.4, 0.5) is 0 Å². The van der Waals surface area contributed by atoms with Crippen LogP contribution in [0.1, 0.15) is 32.3 Å². The molecule has 0 saturated heterocycles. The molecule has 0 aromatic heterocycles. The van der Waals surface area contributed by atoms with Crippen molar-refractivity contribution >= 4 is 18.3 Å². The molecule has 3 nitrogen and oxygen atoms in total. The van der Waals surface area contributed by atoms with E-state index in [9.17, 15) is 4.79 Å². The summed E-state index contributed by atoms with van der Waals surface area (Å²) >= 11 is 0. The topological polar surface area (TPSA) is 55.1 Å². The molecule has 1 rings (SSSR count). The zero-order chi connectivity index (χ0) is 12.0. The Kier molecular flexibility index (Phi) is 6.85. The Balaban J connectivity index is 0.00000256. The van der Waals surface area contributed by atoms with E-state index in [1.54, 1.807) is 6.92 Å². The van der Waals surface area contributed by atoms with Crippen LogP contribution in [-0.2, 0) is 10.3 Å². The van der Waals surface area contributed by atoms with Gasteiger partial charge in [0.1, 0.15) is 5.54 Å². The van der Waals surface area contributed by atoms with Crippen molar-refractivity contribution in [2.45, 2.75) is 32.2 Å². The highest BCUT2D eigenvalue weighted by Crippen LogP contribution is 2.17. The Morgan fingerprint density at radius 3 is 2.47 bits per heavy atom. The Bertz CT molecular complexity index is 339. The molecule has 0 aliphatic rings. The monoisotopic (exact) mass is 256 g/mol. The Morgan fingerprint density at radius 1 is 1.35 bits per heavy atom. The van der Waals surface area contributed by atoms with E-state index in [1.165, 1.54) is 0 Å². The van der Waals surface area contributed by atoms with Crippen molar-refractivity contribution in [3.63, 3.8) is 0 Å². The van der Waals surface area contributed by atoms with Crippen LogP contribution in [0.5, 0.6) is 0 Å². The van der Waals surface area contributed by atoms with Crippen LogP contribution < -0.4 is 11.1 Å². The van der Waals surface area contributed by atoms with E-state index in [0.29, 0.717) is 6.54 Å². The lowest BCUT2D eigenvalue weighted by atomic mass is 9.92. The van der Waals surface area contributed by atoms with Crippen molar-refractivity contribution in [1.29, 1.82) is 0 Å². The highest BCUT2D eigenvalue weighted by molar-refractivity contribution is 5.86. The highest BCUT2D eigenvalue weighted by atomic mass is 35.5. The van der Waals surface area contributed by atoms with Gasteiger partial charge in [0.15, 0.2) is 0 Å². The van der Waals surface area contributed by atoms with Crippen LogP contribution >= 0.6 is 12.4 Å². The molecule has 1 aromatic rings. The summed E-state index contributed by atoms with van der Waals surface area (Å²) in [5.41, 5.74) is 5.94. The van der Waals surface area contributed by atoms with Gasteiger partial charge in [-0.15, -0.1) is 12.4 Å². The number of hydrogen-bond donors (Lipinski definition) is 2. The summed E-state index contributed by atoms with van der Waals surface area (Å²) in [6.45, 7) is 4.52. The molecule has 0 fully saturated rings. The molecular formula is C13H21ClN2O. The molecule has 0 aliphatic heterocycles. The van der Waals surface area contributed by atoms with Gasteiger partial charge in [-0.2, -0.15) is 0 Å². The minimum atomic E-state index is -0.949. The number of hydrogen-bond acceptors (Lipinski definition) is 2. The Labute approximate surface area is 109 Å². The number of amides is 1. The highest BCUT2D eigenvalue weighted by Gasteiger charge is 2.29. The molecule has 17 heavy (non-hydrogen) atoms. The summed E-state index contributed by atoms with van der Waals surface area (Å²) in [5.74, 6) is -0.118. The van der Waals surface area contributed by atoms with E-state index < -0.39 is 5.54 Å². The van der Waals surface area contributed by atoms with E-state index in [2.05, 4.69) is 12.2 Å². The third kappa shape index (κ3) is 4.36. The van der Waals surface area contributed by atoms with Gasteiger partial charge in [-0.05, 0) is 18.9 Å². The van der Waals surface area contributed by atoms with Crippen molar-refractivity contribution in [3.05, 3.63) is 35.9 Å². The van der Waals surface area contributed by atoms with Crippen molar-refractivity contribution in [2.75, 3.05) is 6.54 Å². The summed E-state index contributed by atoms with van der Waals surface area (Å²) in [6, 6.07) is 9.44. The fourth-order valence-corrected chi connectivity index (χ4v) is 1.48. The van der Waals surface area contributed by atoms with E-state index in [1.807, 2.05) is 30.3 Å². The molecule has 1 amide bonds. The molecule has 3 N–H and O–H groups in total. The van der Waals surface area contributed by atoms with E-state index in [-0.39, 0.29) is 18.3 Å². The maximum atomic E-state index is 11.9. The fraction of sp³-hybridized carbons (Fsp3) is 0.462. The van der Waals surface area contributed by atoms with Gasteiger partial charge >= 0.3 is 0 Å². The van der Waals surface area contributed by atoms with Gasteiger partial charge in [-0.1, -0.05) is 43.7 Å². The lowest BCUT2D eigenvalue weighted by molar-refractivity contribution is -0.126. The van der Waals surface area contributed by atoms with E-state index in [0.717, 1.165) is 18.4 Å².